The maximum atomic E-state index is 12.2. The number of fused-ring (bicyclic) bond motifs is 4. The molecule has 0 aliphatic carbocycles. The van der Waals surface area contributed by atoms with Crippen molar-refractivity contribution < 1.29 is 17.7 Å². The van der Waals surface area contributed by atoms with Crippen LogP contribution < -0.4 is 22.5 Å². The summed E-state index contributed by atoms with van der Waals surface area (Å²) in [6.45, 7) is 0. The number of hydrogen-bond acceptors (Lipinski definition) is 12. The lowest BCUT2D eigenvalue weighted by molar-refractivity contribution is 0.429. The molecule has 0 N–H and O–H groups in total. The van der Waals surface area contributed by atoms with Crippen molar-refractivity contribution in [2.24, 2.45) is 0 Å². The van der Waals surface area contributed by atoms with Crippen LogP contribution in [-0.4, -0.2) is 19.9 Å². The van der Waals surface area contributed by atoms with Crippen LogP contribution in [0, 0.1) is 0 Å². The molecule has 0 saturated heterocycles. The van der Waals surface area contributed by atoms with Gasteiger partial charge in [-0.25, -0.2) is 39.1 Å². The monoisotopic (exact) mass is 800 g/mol. The topological polar surface area (TPSA) is 172 Å². The van der Waals surface area contributed by atoms with Crippen LogP contribution in [0.2, 0.25) is 0 Å². The van der Waals surface area contributed by atoms with E-state index in [0.29, 0.717) is 79.4 Å². The molecule has 60 heavy (non-hydrogen) atoms. The Labute approximate surface area is 342 Å². The second-order valence-electron chi connectivity index (χ2n) is 14.4. The molecule has 9 aromatic rings. The van der Waals surface area contributed by atoms with Crippen LogP contribution in [0.3, 0.4) is 0 Å². The minimum absolute atomic E-state index is 0.225. The number of aromatic nitrogens is 4. The first-order valence-corrected chi connectivity index (χ1v) is 20.1. The van der Waals surface area contributed by atoms with E-state index >= 15 is 0 Å². The van der Waals surface area contributed by atoms with E-state index in [2.05, 4.69) is 19.9 Å². The summed E-state index contributed by atoms with van der Waals surface area (Å²) in [6, 6.07) is 35.6. The molecule has 300 valence electrons. The number of nitrogens with zero attached hydrogens (tertiary/aromatic N) is 4. The Kier molecular flexibility index (Phi) is 12.2. The van der Waals surface area contributed by atoms with Crippen LogP contribution in [-0.2, 0) is 12.8 Å². The minimum atomic E-state index is -0.438. The van der Waals surface area contributed by atoms with Gasteiger partial charge in [-0.15, -0.1) is 0 Å². The van der Waals surface area contributed by atoms with Gasteiger partial charge in [-0.05, 0) is 85.6 Å². The zero-order chi connectivity index (χ0) is 41.3. The lowest BCUT2D eigenvalue weighted by Gasteiger charge is -2.04. The Hall–Kier alpha value is -7.34. The number of benzene rings is 5. The van der Waals surface area contributed by atoms with Gasteiger partial charge in [-0.2, -0.15) is 0 Å². The summed E-state index contributed by atoms with van der Waals surface area (Å²) in [5, 5.41) is 1.94. The number of aryl methyl sites for hydroxylation is 2. The van der Waals surface area contributed by atoms with Gasteiger partial charge in [0.05, 0.1) is 43.6 Å². The average Bonchev–Trinajstić information content (AvgIpc) is 3.27. The molecule has 4 aromatic heterocycles. The highest BCUT2D eigenvalue weighted by Gasteiger charge is 2.12. The number of rotatable bonds is 13. The highest BCUT2D eigenvalue weighted by Crippen LogP contribution is 2.24. The molecular weight excluding hydrogens is 761 g/mol. The molecule has 5 aromatic carbocycles. The van der Waals surface area contributed by atoms with Gasteiger partial charge in [0.1, 0.15) is 0 Å². The molecule has 12 nitrogen and oxygen atoms in total. The highest BCUT2D eigenvalue weighted by molar-refractivity contribution is 5.80. The summed E-state index contributed by atoms with van der Waals surface area (Å²) >= 11 is 0. The van der Waals surface area contributed by atoms with Crippen LogP contribution in [0.25, 0.3) is 66.5 Å². The first-order chi connectivity index (χ1) is 29.4. The van der Waals surface area contributed by atoms with Crippen LogP contribution >= 0.6 is 0 Å². The van der Waals surface area contributed by atoms with Crippen LogP contribution in [0.1, 0.15) is 63.1 Å². The predicted octanol–water partition coefficient (Wildman–Crippen LogP) is 9.62. The molecule has 4 heterocycles. The molecule has 0 saturated carbocycles. The first-order valence-electron chi connectivity index (χ1n) is 20.1. The normalized spacial score (nSPS) is 11.3. The van der Waals surface area contributed by atoms with E-state index in [-0.39, 0.29) is 23.0 Å². The van der Waals surface area contributed by atoms with Crippen LogP contribution in [0.4, 0.5) is 0 Å². The molecule has 0 fully saturated rings. The second kappa shape index (κ2) is 18.5. The van der Waals surface area contributed by atoms with Gasteiger partial charge in [0, 0.05) is 24.0 Å². The van der Waals surface area contributed by atoms with Gasteiger partial charge >= 0.3 is 22.5 Å². The Morgan fingerprint density at radius 3 is 0.950 bits per heavy atom. The molecule has 0 aliphatic heterocycles. The van der Waals surface area contributed by atoms with Gasteiger partial charge in [0.15, 0.2) is 11.8 Å². The van der Waals surface area contributed by atoms with Crippen molar-refractivity contribution in [1.82, 2.24) is 19.9 Å². The van der Waals surface area contributed by atoms with Gasteiger partial charge in [0.2, 0.25) is 11.8 Å². The summed E-state index contributed by atoms with van der Waals surface area (Å²) in [5.41, 5.74) is 2.34. The van der Waals surface area contributed by atoms with E-state index < -0.39 is 11.3 Å². The summed E-state index contributed by atoms with van der Waals surface area (Å²) in [7, 11) is 0. The summed E-state index contributed by atoms with van der Waals surface area (Å²) in [4.78, 5) is 66.0. The van der Waals surface area contributed by atoms with E-state index in [9.17, 15) is 19.2 Å². The summed E-state index contributed by atoms with van der Waals surface area (Å²) < 4.78 is 21.3. The molecular formula is C48H40N4O8. The van der Waals surface area contributed by atoms with Gasteiger partial charge in [-0.3, -0.25) is 0 Å². The number of hydrogen-bond donors (Lipinski definition) is 0. The van der Waals surface area contributed by atoms with Gasteiger partial charge in [0.25, 0.3) is 0 Å². The quantitative estimate of drug-likeness (QED) is 0.101. The smallest absolute Gasteiger partial charge is 0.347 e. The highest BCUT2D eigenvalue weighted by atomic mass is 16.4. The third kappa shape index (κ3) is 9.34. The van der Waals surface area contributed by atoms with Crippen molar-refractivity contribution in [3.63, 3.8) is 0 Å². The van der Waals surface area contributed by atoms with E-state index in [1.807, 2.05) is 48.5 Å². The van der Waals surface area contributed by atoms with Gasteiger partial charge < -0.3 is 17.7 Å². The van der Waals surface area contributed by atoms with E-state index in [1.54, 1.807) is 72.8 Å². The van der Waals surface area contributed by atoms with Crippen molar-refractivity contribution in [2.75, 3.05) is 0 Å². The van der Waals surface area contributed by atoms with Crippen molar-refractivity contribution >= 4 is 43.6 Å². The van der Waals surface area contributed by atoms with Crippen molar-refractivity contribution in [3.05, 3.63) is 175 Å². The predicted molar refractivity (Wildman–Crippen MR) is 230 cm³/mol. The Balaban J connectivity index is 0.000000167. The lowest BCUT2D eigenvalue weighted by Crippen LogP contribution is -2.05. The molecule has 0 amide bonds. The van der Waals surface area contributed by atoms with Crippen LogP contribution in [0.5, 0.6) is 0 Å². The van der Waals surface area contributed by atoms with Crippen molar-refractivity contribution in [2.45, 2.75) is 64.2 Å². The zero-order valence-corrected chi connectivity index (χ0v) is 32.7. The van der Waals surface area contributed by atoms with Crippen LogP contribution in [0.15, 0.2) is 158 Å². The Bertz CT molecular complexity index is 2960. The average molecular weight is 801 g/mol. The SMILES string of the molecule is O=c1oc(-c2ccc(-c3nc4ccccc4c(=O)o3)cc2)nc2ccccc12.O=c1oc(CCCCCCCCCCc2nc3ccccc3c(=O)o2)nc2ccccc12. The molecule has 9 rings (SSSR count). The van der Waals surface area contributed by atoms with E-state index in [0.717, 1.165) is 25.7 Å². The fourth-order valence-electron chi connectivity index (χ4n) is 6.99. The molecule has 0 bridgehead atoms. The largest absolute Gasteiger partial charge is 0.408 e. The molecule has 0 radical (unpaired) electrons. The molecule has 0 unspecified atom stereocenters. The zero-order valence-electron chi connectivity index (χ0n) is 32.7. The van der Waals surface area contributed by atoms with Crippen molar-refractivity contribution in [1.29, 1.82) is 0 Å². The van der Waals surface area contributed by atoms with E-state index in [4.69, 9.17) is 17.7 Å². The minimum Gasteiger partial charge on any atom is -0.408 e. The second-order valence-corrected chi connectivity index (χ2v) is 14.4. The molecule has 0 atom stereocenters. The summed E-state index contributed by atoms with van der Waals surface area (Å²) in [5.74, 6) is 1.51. The molecule has 0 spiro atoms. The maximum Gasteiger partial charge on any atom is 0.347 e. The number of para-hydroxylation sites is 4. The first kappa shape index (κ1) is 39.5. The third-order valence-electron chi connectivity index (χ3n) is 10.1. The Morgan fingerprint density at radius 1 is 0.317 bits per heavy atom. The fourth-order valence-corrected chi connectivity index (χ4v) is 6.99. The number of unbranched alkanes of at least 4 members (excludes halogenated alkanes) is 7. The van der Waals surface area contributed by atoms with E-state index in [1.165, 1.54) is 25.7 Å². The maximum absolute atomic E-state index is 12.2. The third-order valence-corrected chi connectivity index (χ3v) is 10.1. The molecule has 0 aliphatic rings. The van der Waals surface area contributed by atoms with Crippen molar-refractivity contribution in [3.8, 4) is 22.9 Å². The summed E-state index contributed by atoms with van der Waals surface area (Å²) in [6.07, 6.45) is 10.3. The Morgan fingerprint density at radius 2 is 0.600 bits per heavy atom. The fraction of sp³-hybridized carbons (Fsp3) is 0.208. The van der Waals surface area contributed by atoms with Gasteiger partial charge in [-0.1, -0.05) is 87.1 Å². The molecule has 12 heteroatoms. The lowest BCUT2D eigenvalue weighted by atomic mass is 10.1. The standard InChI is InChI=1S/C26H28N2O4.C22H12N2O4/c29-25-19-13-9-11-15-21(19)27-23(31-25)17-7-5-3-1-2-4-6-8-18-24-28-22-16-12-10-14-20(22)26(30)32-24;25-21-15-5-1-3-7-17(15)23-19(27-21)13-9-11-14(12-10-13)20-24-18-8-4-2-6-16(18)22(26)28-20/h9-16H,1-8,17-18H2;1-12H.